The van der Waals surface area contributed by atoms with Gasteiger partial charge < -0.3 is 14.4 Å². The van der Waals surface area contributed by atoms with Gasteiger partial charge in [-0.2, -0.15) is 0 Å². The third-order valence-corrected chi connectivity index (χ3v) is 3.41. The lowest BCUT2D eigenvalue weighted by molar-refractivity contribution is 0.123. The summed E-state index contributed by atoms with van der Waals surface area (Å²) < 4.78 is 7.71. The Morgan fingerprint density at radius 3 is 2.81 bits per heavy atom. The minimum atomic E-state index is -0.0212. The lowest BCUT2D eigenvalue weighted by Gasteiger charge is -2.11. The number of aliphatic hydroxyl groups excluding tert-OH is 1. The number of hydrogen-bond acceptors (Lipinski definition) is 4. The fraction of sp³-hybridized carbons (Fsp3) is 0.818. The molecule has 0 amide bonds. The van der Waals surface area contributed by atoms with Crippen molar-refractivity contribution in [3.05, 3.63) is 11.6 Å². The molecule has 16 heavy (non-hydrogen) atoms. The van der Waals surface area contributed by atoms with Gasteiger partial charge in [-0.05, 0) is 26.2 Å². The van der Waals surface area contributed by atoms with E-state index < -0.39 is 0 Å². The van der Waals surface area contributed by atoms with Gasteiger partial charge in [-0.1, -0.05) is 0 Å². The lowest BCUT2D eigenvalue weighted by atomic mass is 10.1. The van der Waals surface area contributed by atoms with E-state index in [4.69, 9.17) is 4.74 Å². The van der Waals surface area contributed by atoms with Crippen LogP contribution in [0.2, 0.25) is 0 Å². The quantitative estimate of drug-likeness (QED) is 0.830. The SMILES string of the molecule is CC1CC(c2nnc(CO)n2C2CC2)CO1. The Morgan fingerprint density at radius 1 is 1.44 bits per heavy atom. The van der Waals surface area contributed by atoms with Gasteiger partial charge in [0, 0.05) is 12.0 Å². The second-order valence-corrected chi connectivity index (χ2v) is 4.81. The molecule has 0 aromatic carbocycles. The van der Waals surface area contributed by atoms with Crippen molar-refractivity contribution in [3.8, 4) is 0 Å². The summed E-state index contributed by atoms with van der Waals surface area (Å²) >= 11 is 0. The molecule has 1 aliphatic heterocycles. The molecule has 2 unspecified atom stereocenters. The maximum absolute atomic E-state index is 9.25. The van der Waals surface area contributed by atoms with Gasteiger partial charge in [0.1, 0.15) is 12.4 Å². The summed E-state index contributed by atoms with van der Waals surface area (Å²) in [5, 5.41) is 17.6. The average Bonchev–Trinajstić information content (AvgIpc) is 2.88. The third-order valence-electron chi connectivity index (χ3n) is 3.41. The van der Waals surface area contributed by atoms with Gasteiger partial charge in [0.25, 0.3) is 0 Å². The number of aromatic nitrogens is 3. The van der Waals surface area contributed by atoms with E-state index in [0.29, 0.717) is 23.9 Å². The zero-order chi connectivity index (χ0) is 11.1. The van der Waals surface area contributed by atoms with E-state index in [2.05, 4.69) is 21.7 Å². The first-order chi connectivity index (χ1) is 7.79. The predicted octanol–water partition coefficient (Wildman–Crippen LogP) is 0.998. The highest BCUT2D eigenvalue weighted by atomic mass is 16.5. The molecule has 2 aliphatic rings. The van der Waals surface area contributed by atoms with Crippen LogP contribution in [0.15, 0.2) is 0 Å². The number of rotatable bonds is 3. The van der Waals surface area contributed by atoms with Gasteiger partial charge in [-0.25, -0.2) is 0 Å². The van der Waals surface area contributed by atoms with E-state index in [-0.39, 0.29) is 6.61 Å². The fourth-order valence-electron chi connectivity index (χ4n) is 2.45. The Balaban J connectivity index is 1.91. The van der Waals surface area contributed by atoms with Gasteiger partial charge in [0.2, 0.25) is 0 Å². The summed E-state index contributed by atoms with van der Waals surface area (Å²) in [5.74, 6) is 2.07. The molecule has 1 saturated carbocycles. The van der Waals surface area contributed by atoms with Crippen molar-refractivity contribution in [1.29, 1.82) is 0 Å². The van der Waals surface area contributed by atoms with E-state index in [0.717, 1.165) is 18.9 Å². The average molecular weight is 223 g/mol. The predicted molar refractivity (Wildman–Crippen MR) is 57.0 cm³/mol. The molecule has 0 spiro atoms. The molecule has 88 valence electrons. The molecule has 0 bridgehead atoms. The minimum Gasteiger partial charge on any atom is -0.388 e. The van der Waals surface area contributed by atoms with Crippen LogP contribution in [-0.4, -0.2) is 32.6 Å². The summed E-state index contributed by atoms with van der Waals surface area (Å²) in [6, 6.07) is 0.517. The summed E-state index contributed by atoms with van der Waals surface area (Å²) in [6.07, 6.45) is 3.69. The van der Waals surface area contributed by atoms with Crippen molar-refractivity contribution < 1.29 is 9.84 Å². The molecule has 2 heterocycles. The first-order valence-electron chi connectivity index (χ1n) is 5.95. The minimum absolute atomic E-state index is 0.0212. The summed E-state index contributed by atoms with van der Waals surface area (Å²) in [6.45, 7) is 2.80. The van der Waals surface area contributed by atoms with Crippen LogP contribution < -0.4 is 0 Å². The zero-order valence-corrected chi connectivity index (χ0v) is 9.46. The summed E-state index contributed by atoms with van der Waals surface area (Å²) in [5.41, 5.74) is 0. The van der Waals surface area contributed by atoms with Crippen LogP contribution in [0.3, 0.4) is 0 Å². The monoisotopic (exact) mass is 223 g/mol. The highest BCUT2D eigenvalue weighted by Gasteiger charge is 2.34. The maximum Gasteiger partial charge on any atom is 0.159 e. The third kappa shape index (κ3) is 1.64. The van der Waals surface area contributed by atoms with Crippen LogP contribution in [-0.2, 0) is 11.3 Å². The van der Waals surface area contributed by atoms with Crippen molar-refractivity contribution >= 4 is 0 Å². The molecule has 1 saturated heterocycles. The molecule has 1 aromatic heterocycles. The Kier molecular flexibility index (Phi) is 2.44. The van der Waals surface area contributed by atoms with Crippen LogP contribution in [0, 0.1) is 0 Å². The zero-order valence-electron chi connectivity index (χ0n) is 9.46. The standard InChI is InChI=1S/C11H17N3O2/c1-7-4-8(6-16-7)11-13-12-10(5-15)14(11)9-2-3-9/h7-9,15H,2-6H2,1H3. The molecule has 1 aromatic rings. The van der Waals surface area contributed by atoms with Gasteiger partial charge in [0.05, 0.1) is 12.7 Å². The van der Waals surface area contributed by atoms with E-state index >= 15 is 0 Å². The maximum atomic E-state index is 9.25. The Bertz CT molecular complexity index is 387. The molecule has 0 radical (unpaired) electrons. The lowest BCUT2D eigenvalue weighted by Crippen LogP contribution is -2.11. The Labute approximate surface area is 94.4 Å². The molecule has 2 fully saturated rings. The smallest absolute Gasteiger partial charge is 0.159 e. The molecule has 2 atom stereocenters. The first kappa shape index (κ1) is 10.2. The van der Waals surface area contributed by atoms with Crippen LogP contribution in [0.25, 0.3) is 0 Å². The van der Waals surface area contributed by atoms with Crippen molar-refractivity contribution in [3.63, 3.8) is 0 Å². The molecule has 5 nitrogen and oxygen atoms in total. The van der Waals surface area contributed by atoms with Crippen molar-refractivity contribution in [1.82, 2.24) is 14.8 Å². The second-order valence-electron chi connectivity index (χ2n) is 4.81. The highest BCUT2D eigenvalue weighted by molar-refractivity contribution is 5.08. The van der Waals surface area contributed by atoms with E-state index in [1.807, 2.05) is 0 Å². The van der Waals surface area contributed by atoms with Crippen molar-refractivity contribution in [2.75, 3.05) is 6.61 Å². The molecular formula is C11H17N3O2. The van der Waals surface area contributed by atoms with Crippen molar-refractivity contribution in [2.45, 2.75) is 50.9 Å². The molecule has 3 rings (SSSR count). The number of nitrogens with zero attached hydrogens (tertiary/aromatic N) is 3. The van der Waals surface area contributed by atoms with Crippen LogP contribution in [0.5, 0.6) is 0 Å². The van der Waals surface area contributed by atoms with Gasteiger partial charge in [0.15, 0.2) is 5.82 Å². The summed E-state index contributed by atoms with van der Waals surface area (Å²) in [7, 11) is 0. The topological polar surface area (TPSA) is 60.2 Å². The van der Waals surface area contributed by atoms with Gasteiger partial charge in [-0.15, -0.1) is 10.2 Å². The molecule has 1 aliphatic carbocycles. The number of aliphatic hydroxyl groups is 1. The normalized spacial score (nSPS) is 29.9. The molecule has 1 N–H and O–H groups in total. The first-order valence-corrected chi connectivity index (χ1v) is 5.95. The van der Waals surface area contributed by atoms with Gasteiger partial charge >= 0.3 is 0 Å². The highest BCUT2D eigenvalue weighted by Crippen LogP contribution is 2.39. The molecular weight excluding hydrogens is 206 g/mol. The largest absolute Gasteiger partial charge is 0.388 e. The van der Waals surface area contributed by atoms with E-state index in [1.54, 1.807) is 0 Å². The Morgan fingerprint density at radius 2 is 2.25 bits per heavy atom. The second kappa shape index (κ2) is 3.82. The van der Waals surface area contributed by atoms with Crippen LogP contribution in [0.4, 0.5) is 0 Å². The van der Waals surface area contributed by atoms with E-state index in [1.165, 1.54) is 12.8 Å². The molecule has 5 heteroatoms. The van der Waals surface area contributed by atoms with Gasteiger partial charge in [-0.3, -0.25) is 0 Å². The van der Waals surface area contributed by atoms with Crippen LogP contribution in [0.1, 0.15) is 49.8 Å². The number of ether oxygens (including phenoxy) is 1. The fourth-order valence-corrected chi connectivity index (χ4v) is 2.45. The van der Waals surface area contributed by atoms with E-state index in [9.17, 15) is 5.11 Å². The van der Waals surface area contributed by atoms with Crippen LogP contribution >= 0.6 is 0 Å². The Hall–Kier alpha value is -0.940. The number of hydrogen-bond donors (Lipinski definition) is 1. The summed E-state index contributed by atoms with van der Waals surface area (Å²) in [4.78, 5) is 0. The van der Waals surface area contributed by atoms with Crippen molar-refractivity contribution in [2.24, 2.45) is 0 Å².